The minimum absolute atomic E-state index is 0.276. The summed E-state index contributed by atoms with van der Waals surface area (Å²) in [6.07, 6.45) is 2.25. The van der Waals surface area contributed by atoms with E-state index in [1.54, 1.807) is 18.7 Å². The molecule has 0 saturated heterocycles. The van der Waals surface area contributed by atoms with Crippen LogP contribution in [0.3, 0.4) is 0 Å². The molecule has 1 aromatic rings. The lowest BCUT2D eigenvalue weighted by molar-refractivity contribution is -0.149. The van der Waals surface area contributed by atoms with Crippen molar-refractivity contribution in [3.63, 3.8) is 0 Å². The van der Waals surface area contributed by atoms with Gasteiger partial charge in [-0.3, -0.25) is 4.79 Å². The van der Waals surface area contributed by atoms with E-state index in [1.807, 2.05) is 6.92 Å². The molecule has 100 valence electrons. The van der Waals surface area contributed by atoms with E-state index < -0.39 is 5.54 Å². The molecule has 1 aliphatic carbocycles. The number of nitrogens with zero attached hydrogens (tertiary/aromatic N) is 2. The average Bonchev–Trinajstić information content (AvgIpc) is 2.88. The molecule has 0 bridgehead atoms. The Hall–Kier alpha value is -0.660. The molecule has 1 saturated carbocycles. The lowest BCUT2D eigenvalue weighted by Gasteiger charge is -2.21. The van der Waals surface area contributed by atoms with Crippen molar-refractivity contribution in [3.05, 3.63) is 5.82 Å². The molecule has 7 heteroatoms. The molecular formula is C11H17N3O2S2. The van der Waals surface area contributed by atoms with Crippen LogP contribution in [-0.2, 0) is 9.53 Å². The zero-order chi connectivity index (χ0) is 13.2. The summed E-state index contributed by atoms with van der Waals surface area (Å²) in [5, 5.41) is 0.326. The highest BCUT2D eigenvalue weighted by atomic mass is 32.2. The van der Waals surface area contributed by atoms with Crippen LogP contribution in [0.2, 0.25) is 0 Å². The van der Waals surface area contributed by atoms with E-state index in [-0.39, 0.29) is 5.97 Å². The summed E-state index contributed by atoms with van der Waals surface area (Å²) >= 11 is 3.07. The maximum absolute atomic E-state index is 11.8. The molecule has 0 radical (unpaired) electrons. The standard InChI is InChI=1S/C11H17N3O2S2/c1-3-16-9(15)11(12)5-4-8(6-11)17-10-13-7(2)14-18-10/h8H,3-6,12H2,1-2H3. The lowest BCUT2D eigenvalue weighted by Crippen LogP contribution is -2.47. The zero-order valence-electron chi connectivity index (χ0n) is 10.5. The second-order valence-corrected chi connectivity index (χ2v) is 6.77. The molecule has 2 unspecified atom stereocenters. The highest BCUT2D eigenvalue weighted by Crippen LogP contribution is 2.40. The Morgan fingerprint density at radius 2 is 2.50 bits per heavy atom. The number of carbonyl (C=O) groups is 1. The van der Waals surface area contributed by atoms with Crippen molar-refractivity contribution in [3.8, 4) is 0 Å². The largest absolute Gasteiger partial charge is 0.465 e. The SMILES string of the molecule is CCOC(=O)C1(N)CCC(Sc2nc(C)ns2)C1. The van der Waals surface area contributed by atoms with Gasteiger partial charge < -0.3 is 10.5 Å². The number of nitrogens with two attached hydrogens (primary N) is 1. The number of rotatable bonds is 4. The second-order valence-electron chi connectivity index (χ2n) is 4.47. The van der Waals surface area contributed by atoms with E-state index in [4.69, 9.17) is 10.5 Å². The van der Waals surface area contributed by atoms with Gasteiger partial charge in [-0.05, 0) is 44.6 Å². The van der Waals surface area contributed by atoms with E-state index in [0.29, 0.717) is 24.7 Å². The normalized spacial score (nSPS) is 27.4. The first-order chi connectivity index (χ1) is 8.53. The predicted octanol–water partition coefficient (Wildman–Crippen LogP) is 1.75. The van der Waals surface area contributed by atoms with E-state index in [2.05, 4.69) is 9.36 Å². The Morgan fingerprint density at radius 3 is 3.11 bits per heavy atom. The van der Waals surface area contributed by atoms with Crippen molar-refractivity contribution < 1.29 is 9.53 Å². The van der Waals surface area contributed by atoms with Crippen LogP contribution >= 0.6 is 23.3 Å². The molecule has 2 rings (SSSR count). The van der Waals surface area contributed by atoms with E-state index in [1.165, 1.54) is 11.5 Å². The monoisotopic (exact) mass is 287 g/mol. The highest BCUT2D eigenvalue weighted by Gasteiger charge is 2.43. The fraction of sp³-hybridized carbons (Fsp3) is 0.727. The molecule has 1 fully saturated rings. The number of ether oxygens (including phenoxy) is 1. The number of hydrogen-bond acceptors (Lipinski definition) is 7. The molecule has 1 heterocycles. The first-order valence-corrected chi connectivity index (χ1v) is 7.62. The third kappa shape index (κ3) is 3.02. The van der Waals surface area contributed by atoms with Crippen LogP contribution in [0.1, 0.15) is 32.0 Å². The molecular weight excluding hydrogens is 270 g/mol. The lowest BCUT2D eigenvalue weighted by atomic mass is 10.00. The molecule has 0 aliphatic heterocycles. The number of esters is 1. The molecule has 0 spiro atoms. The Kier molecular flexibility index (Phi) is 4.24. The third-order valence-corrected chi connectivity index (χ3v) is 5.11. The van der Waals surface area contributed by atoms with Crippen molar-refractivity contribution in [1.29, 1.82) is 0 Å². The molecule has 0 aromatic carbocycles. The third-order valence-electron chi connectivity index (χ3n) is 2.96. The van der Waals surface area contributed by atoms with Gasteiger partial charge in [-0.2, -0.15) is 4.37 Å². The van der Waals surface area contributed by atoms with Crippen molar-refractivity contribution >= 4 is 29.3 Å². The van der Waals surface area contributed by atoms with Gasteiger partial charge in [0.25, 0.3) is 0 Å². The first kappa shape index (κ1) is 13.8. The summed E-state index contributed by atoms with van der Waals surface area (Å²) in [4.78, 5) is 16.1. The van der Waals surface area contributed by atoms with Crippen LogP contribution in [0.15, 0.2) is 4.34 Å². The number of aryl methyl sites for hydroxylation is 1. The summed E-state index contributed by atoms with van der Waals surface area (Å²) in [5.41, 5.74) is 5.31. The first-order valence-electron chi connectivity index (χ1n) is 5.96. The molecule has 1 aliphatic rings. The molecule has 2 N–H and O–H groups in total. The molecule has 2 atom stereocenters. The zero-order valence-corrected chi connectivity index (χ0v) is 12.1. The Labute approximate surface area is 115 Å². The van der Waals surface area contributed by atoms with Gasteiger partial charge >= 0.3 is 5.97 Å². The average molecular weight is 287 g/mol. The smallest absolute Gasteiger partial charge is 0.326 e. The van der Waals surface area contributed by atoms with Crippen LogP contribution < -0.4 is 5.73 Å². The molecule has 5 nitrogen and oxygen atoms in total. The molecule has 18 heavy (non-hydrogen) atoms. The van der Waals surface area contributed by atoms with E-state index >= 15 is 0 Å². The van der Waals surface area contributed by atoms with Gasteiger partial charge in [0.1, 0.15) is 11.4 Å². The number of thioether (sulfide) groups is 1. The van der Waals surface area contributed by atoms with Gasteiger partial charge in [0.2, 0.25) is 0 Å². The van der Waals surface area contributed by atoms with Crippen molar-refractivity contribution in [2.75, 3.05) is 6.61 Å². The van der Waals surface area contributed by atoms with Gasteiger partial charge in [0.15, 0.2) is 4.34 Å². The number of hydrogen-bond donors (Lipinski definition) is 1. The summed E-state index contributed by atoms with van der Waals surface area (Å²) in [6.45, 7) is 4.05. The minimum atomic E-state index is -0.812. The fourth-order valence-corrected chi connectivity index (χ4v) is 4.26. The van der Waals surface area contributed by atoms with Gasteiger partial charge in [-0.1, -0.05) is 11.8 Å². The van der Waals surface area contributed by atoms with Gasteiger partial charge in [-0.25, -0.2) is 4.98 Å². The van der Waals surface area contributed by atoms with Crippen LogP contribution in [-0.4, -0.2) is 32.7 Å². The van der Waals surface area contributed by atoms with E-state index in [0.717, 1.165) is 16.6 Å². The Balaban J connectivity index is 1.93. The fourth-order valence-electron chi connectivity index (χ4n) is 2.06. The number of carbonyl (C=O) groups excluding carboxylic acids is 1. The minimum Gasteiger partial charge on any atom is -0.465 e. The Bertz CT molecular complexity index is 438. The number of aromatic nitrogens is 2. The van der Waals surface area contributed by atoms with Gasteiger partial charge in [0.05, 0.1) is 6.61 Å². The van der Waals surface area contributed by atoms with Crippen LogP contribution in [0, 0.1) is 6.92 Å². The van der Waals surface area contributed by atoms with Gasteiger partial charge in [-0.15, -0.1) is 0 Å². The Morgan fingerprint density at radius 1 is 1.72 bits per heavy atom. The van der Waals surface area contributed by atoms with Crippen molar-refractivity contribution in [1.82, 2.24) is 9.36 Å². The second kappa shape index (κ2) is 5.54. The maximum atomic E-state index is 11.8. The highest BCUT2D eigenvalue weighted by molar-refractivity contribution is 8.01. The molecule has 1 aromatic heterocycles. The maximum Gasteiger partial charge on any atom is 0.326 e. The molecule has 0 amide bonds. The van der Waals surface area contributed by atoms with Crippen LogP contribution in [0.25, 0.3) is 0 Å². The summed E-state index contributed by atoms with van der Waals surface area (Å²) < 4.78 is 10.1. The summed E-state index contributed by atoms with van der Waals surface area (Å²) in [6, 6.07) is 0. The van der Waals surface area contributed by atoms with Crippen LogP contribution in [0.5, 0.6) is 0 Å². The topological polar surface area (TPSA) is 78.1 Å². The van der Waals surface area contributed by atoms with Crippen molar-refractivity contribution in [2.24, 2.45) is 5.73 Å². The van der Waals surface area contributed by atoms with Crippen LogP contribution in [0.4, 0.5) is 0 Å². The predicted molar refractivity (Wildman–Crippen MR) is 71.7 cm³/mol. The van der Waals surface area contributed by atoms with Gasteiger partial charge in [0, 0.05) is 5.25 Å². The summed E-state index contributed by atoms with van der Waals surface area (Å²) in [5.74, 6) is 0.520. The quantitative estimate of drug-likeness (QED) is 0.850. The summed E-state index contributed by atoms with van der Waals surface area (Å²) in [7, 11) is 0. The van der Waals surface area contributed by atoms with E-state index in [9.17, 15) is 4.79 Å². The van der Waals surface area contributed by atoms with Crippen molar-refractivity contribution in [2.45, 2.75) is 48.2 Å².